The summed E-state index contributed by atoms with van der Waals surface area (Å²) in [5.74, 6) is -0.0791. The molecule has 0 aromatic heterocycles. The lowest BCUT2D eigenvalue weighted by atomic mass is 9.98. The second-order valence-corrected chi connectivity index (χ2v) is 5.15. The molecule has 0 fully saturated rings. The third kappa shape index (κ3) is 5.47. The smallest absolute Gasteiger partial charge is 0.323 e. The molecule has 0 saturated heterocycles. The Kier molecular flexibility index (Phi) is 6.15. The number of methoxy groups -OCH3 is 1. The number of carboxylic acids is 1. The monoisotopic (exact) mass is 221 g/mol. The Balaban J connectivity index is 3.81. The average Bonchev–Trinajstić information content (AvgIpc) is 2.03. The molecule has 0 aromatic carbocycles. The molecule has 4 nitrogen and oxygen atoms in total. The van der Waals surface area contributed by atoms with Crippen molar-refractivity contribution in [2.24, 2.45) is 5.73 Å². The fourth-order valence-corrected chi connectivity index (χ4v) is 2.21. The van der Waals surface area contributed by atoms with E-state index in [1.807, 2.05) is 6.92 Å². The van der Waals surface area contributed by atoms with E-state index in [9.17, 15) is 4.79 Å². The molecular formula is C9H19NO3S. The van der Waals surface area contributed by atoms with Crippen molar-refractivity contribution in [1.82, 2.24) is 0 Å². The van der Waals surface area contributed by atoms with Crippen LogP contribution in [0.2, 0.25) is 0 Å². The molecule has 3 N–H and O–H groups in total. The Labute approximate surface area is 89.2 Å². The number of thioether (sulfide) groups is 1. The van der Waals surface area contributed by atoms with Crippen LogP contribution >= 0.6 is 11.8 Å². The Bertz CT molecular complexity index is 185. The molecule has 2 unspecified atom stereocenters. The van der Waals surface area contributed by atoms with Crippen LogP contribution in [0.4, 0.5) is 0 Å². The molecule has 0 aromatic rings. The van der Waals surface area contributed by atoms with Crippen LogP contribution < -0.4 is 5.73 Å². The van der Waals surface area contributed by atoms with Gasteiger partial charge in [-0.05, 0) is 13.3 Å². The van der Waals surface area contributed by atoms with E-state index in [2.05, 4.69) is 0 Å². The summed E-state index contributed by atoms with van der Waals surface area (Å²) in [6.07, 6.45) is 0.469. The highest BCUT2D eigenvalue weighted by molar-refractivity contribution is 7.99. The molecule has 0 saturated carbocycles. The maximum Gasteiger partial charge on any atom is 0.323 e. The van der Waals surface area contributed by atoms with Crippen LogP contribution in [0, 0.1) is 0 Å². The SMILES string of the molecule is COCCSC(C)CC(C)(N)C(=O)O. The molecule has 14 heavy (non-hydrogen) atoms. The first kappa shape index (κ1) is 13.7. The van der Waals surface area contributed by atoms with E-state index in [0.29, 0.717) is 13.0 Å². The third-order valence-corrected chi connectivity index (χ3v) is 3.03. The fourth-order valence-electron chi connectivity index (χ4n) is 1.08. The number of ether oxygens (including phenoxy) is 1. The van der Waals surface area contributed by atoms with E-state index in [0.717, 1.165) is 5.75 Å². The minimum Gasteiger partial charge on any atom is -0.480 e. The van der Waals surface area contributed by atoms with E-state index >= 15 is 0 Å². The van der Waals surface area contributed by atoms with E-state index in [1.165, 1.54) is 0 Å². The summed E-state index contributed by atoms with van der Waals surface area (Å²) in [5, 5.41) is 9.04. The molecule has 0 radical (unpaired) electrons. The molecule has 0 heterocycles. The standard InChI is InChI=1S/C9H19NO3S/c1-7(14-5-4-13-3)6-9(2,10)8(11)12/h7H,4-6,10H2,1-3H3,(H,11,12). The van der Waals surface area contributed by atoms with Crippen LogP contribution in [-0.2, 0) is 9.53 Å². The minimum atomic E-state index is -1.13. The highest BCUT2D eigenvalue weighted by atomic mass is 32.2. The number of carboxylic acid groups (broad SMARTS) is 1. The van der Waals surface area contributed by atoms with Crippen LogP contribution in [0.25, 0.3) is 0 Å². The zero-order chi connectivity index (χ0) is 11.2. The Morgan fingerprint density at radius 3 is 2.71 bits per heavy atom. The molecule has 84 valence electrons. The van der Waals surface area contributed by atoms with Crippen molar-refractivity contribution in [1.29, 1.82) is 0 Å². The van der Waals surface area contributed by atoms with Crippen molar-refractivity contribution in [2.75, 3.05) is 19.5 Å². The largest absolute Gasteiger partial charge is 0.480 e. The molecule has 0 aliphatic rings. The van der Waals surface area contributed by atoms with E-state index in [-0.39, 0.29) is 5.25 Å². The van der Waals surface area contributed by atoms with Gasteiger partial charge in [-0.15, -0.1) is 0 Å². The van der Waals surface area contributed by atoms with Gasteiger partial charge >= 0.3 is 5.97 Å². The molecule has 0 spiro atoms. The van der Waals surface area contributed by atoms with Gasteiger partial charge in [-0.25, -0.2) is 0 Å². The lowest BCUT2D eigenvalue weighted by Gasteiger charge is -2.22. The first-order chi connectivity index (χ1) is 6.40. The van der Waals surface area contributed by atoms with E-state index < -0.39 is 11.5 Å². The van der Waals surface area contributed by atoms with Crippen molar-refractivity contribution < 1.29 is 14.6 Å². The molecule has 0 aliphatic carbocycles. The van der Waals surface area contributed by atoms with E-state index in [1.54, 1.807) is 25.8 Å². The highest BCUT2D eigenvalue weighted by Gasteiger charge is 2.29. The van der Waals surface area contributed by atoms with Crippen LogP contribution in [0.5, 0.6) is 0 Å². The number of hydrogen-bond acceptors (Lipinski definition) is 4. The van der Waals surface area contributed by atoms with Crippen molar-refractivity contribution in [3.8, 4) is 0 Å². The Morgan fingerprint density at radius 2 is 2.29 bits per heavy atom. The maximum atomic E-state index is 10.7. The van der Waals surface area contributed by atoms with Crippen molar-refractivity contribution in [3.05, 3.63) is 0 Å². The van der Waals surface area contributed by atoms with Crippen molar-refractivity contribution >= 4 is 17.7 Å². The summed E-state index contributed by atoms with van der Waals surface area (Å²) in [7, 11) is 1.65. The van der Waals surface area contributed by atoms with Gasteiger partial charge in [-0.1, -0.05) is 6.92 Å². The molecule has 5 heteroatoms. The fraction of sp³-hybridized carbons (Fsp3) is 0.889. The zero-order valence-electron chi connectivity index (χ0n) is 8.95. The van der Waals surface area contributed by atoms with Gasteiger partial charge in [-0.2, -0.15) is 11.8 Å². The van der Waals surface area contributed by atoms with Crippen molar-refractivity contribution in [3.63, 3.8) is 0 Å². The predicted molar refractivity (Wildman–Crippen MR) is 58.6 cm³/mol. The number of hydrogen-bond donors (Lipinski definition) is 2. The quantitative estimate of drug-likeness (QED) is 0.626. The van der Waals surface area contributed by atoms with Crippen LogP contribution in [-0.4, -0.2) is 41.3 Å². The van der Waals surface area contributed by atoms with Gasteiger partial charge in [0.25, 0.3) is 0 Å². The molecule has 0 bridgehead atoms. The lowest BCUT2D eigenvalue weighted by Crippen LogP contribution is -2.46. The molecule has 0 rings (SSSR count). The summed E-state index contributed by atoms with van der Waals surface area (Å²) < 4.78 is 4.90. The minimum absolute atomic E-state index is 0.233. The molecule has 2 atom stereocenters. The summed E-state index contributed by atoms with van der Waals surface area (Å²) in [5.41, 5.74) is 4.50. The number of aliphatic carboxylic acids is 1. The van der Waals surface area contributed by atoms with Gasteiger partial charge in [0.15, 0.2) is 0 Å². The summed E-state index contributed by atoms with van der Waals surface area (Å²) >= 11 is 1.68. The topological polar surface area (TPSA) is 72.5 Å². The second-order valence-electron chi connectivity index (χ2n) is 3.60. The third-order valence-electron chi connectivity index (χ3n) is 1.89. The first-order valence-corrected chi connectivity index (χ1v) is 5.58. The van der Waals surface area contributed by atoms with E-state index in [4.69, 9.17) is 15.6 Å². The van der Waals surface area contributed by atoms with Gasteiger partial charge in [0.05, 0.1) is 6.61 Å². The van der Waals surface area contributed by atoms with Gasteiger partial charge in [-0.3, -0.25) is 4.79 Å². The molecule has 0 amide bonds. The summed E-state index contributed by atoms with van der Waals surface area (Å²) in [4.78, 5) is 10.7. The molecule has 0 aliphatic heterocycles. The Hall–Kier alpha value is -0.260. The average molecular weight is 221 g/mol. The van der Waals surface area contributed by atoms with Gasteiger partial charge in [0, 0.05) is 18.1 Å². The highest BCUT2D eigenvalue weighted by Crippen LogP contribution is 2.20. The number of rotatable bonds is 7. The number of nitrogens with two attached hydrogens (primary N) is 1. The van der Waals surface area contributed by atoms with Gasteiger partial charge in [0.1, 0.15) is 5.54 Å². The maximum absolute atomic E-state index is 10.7. The normalized spacial score (nSPS) is 17.4. The van der Waals surface area contributed by atoms with Crippen LogP contribution in [0.3, 0.4) is 0 Å². The summed E-state index contributed by atoms with van der Waals surface area (Å²) in [6, 6.07) is 0. The van der Waals surface area contributed by atoms with Crippen molar-refractivity contribution in [2.45, 2.75) is 31.1 Å². The Morgan fingerprint density at radius 1 is 1.71 bits per heavy atom. The lowest BCUT2D eigenvalue weighted by molar-refractivity contribution is -0.142. The second kappa shape index (κ2) is 6.27. The zero-order valence-corrected chi connectivity index (χ0v) is 9.76. The summed E-state index contributed by atoms with van der Waals surface area (Å²) in [6.45, 7) is 4.21. The predicted octanol–water partition coefficient (Wildman–Crippen LogP) is 0.947. The molecular weight excluding hydrogens is 202 g/mol. The van der Waals surface area contributed by atoms with Crippen LogP contribution in [0.15, 0.2) is 0 Å². The number of carbonyl (C=O) groups is 1. The van der Waals surface area contributed by atoms with Gasteiger partial charge in [0.2, 0.25) is 0 Å². The van der Waals surface area contributed by atoms with Crippen LogP contribution in [0.1, 0.15) is 20.3 Å². The first-order valence-electron chi connectivity index (χ1n) is 4.53. The van der Waals surface area contributed by atoms with Gasteiger partial charge < -0.3 is 15.6 Å².